The van der Waals surface area contributed by atoms with Gasteiger partial charge in [-0.05, 0) is 121 Å². The molecule has 0 saturated carbocycles. The molecule has 3 heterocycles. The van der Waals surface area contributed by atoms with E-state index in [2.05, 4.69) is 240 Å². The molecule has 0 spiro atoms. The van der Waals surface area contributed by atoms with Gasteiger partial charge in [-0.2, -0.15) is 0 Å². The van der Waals surface area contributed by atoms with Crippen LogP contribution in [0.1, 0.15) is 0 Å². The fraction of sp³-hybridized carbons (Fsp3) is 0. The normalized spacial score (nSPS) is 11.7. The molecule has 0 N–H and O–H groups in total. The van der Waals surface area contributed by atoms with E-state index in [1.54, 1.807) is 0 Å². The largest absolute Gasteiger partial charge is 0.456 e. The van der Waals surface area contributed by atoms with E-state index in [1.165, 1.54) is 76.9 Å². The lowest BCUT2D eigenvalue weighted by Gasteiger charge is -2.26. The second kappa shape index (κ2) is 15.0. The highest BCUT2D eigenvalue weighted by Gasteiger charge is 2.21. The molecule has 3 nitrogen and oxygen atoms in total. The zero-order valence-electron chi connectivity index (χ0n) is 35.4. The van der Waals surface area contributed by atoms with Crippen LogP contribution in [0.3, 0.4) is 0 Å². The maximum atomic E-state index is 6.40. The summed E-state index contributed by atoms with van der Waals surface area (Å²) in [5, 5.41) is 8.47. The Hall–Kier alpha value is -8.66. The summed E-state index contributed by atoms with van der Waals surface area (Å²) >= 11 is 0. The molecule has 13 aromatic rings. The van der Waals surface area contributed by atoms with Crippen LogP contribution in [0.25, 0.3) is 104 Å². The molecule has 3 heteroatoms. The number of furan rings is 1. The average Bonchev–Trinajstić information content (AvgIpc) is 3.94. The van der Waals surface area contributed by atoms with Gasteiger partial charge in [0, 0.05) is 33.9 Å². The van der Waals surface area contributed by atoms with Crippen LogP contribution in [0, 0.1) is 0 Å². The summed E-state index contributed by atoms with van der Waals surface area (Å²) < 4.78 is 8.73. The standard InChI is InChI=1S/C62H40N2O/c1-2-14-46(15-3-1)60-55-22-8-9-40-63(55)56-39-38-52-51(20-11-21-53(52)62(56)60)44-28-26-41(27-29-44)42-30-34-47(35-31-42)64(57-23-12-25-59-61(57)54-18-6-7-24-58(54)65-59)48-36-32-45(33-37-48)50-19-10-16-43-13-4-5-17-49(43)50/h1-40H. The lowest BCUT2D eigenvalue weighted by Crippen LogP contribution is -2.10. The number of nitrogens with zero attached hydrogens (tertiary/aromatic N) is 2. The summed E-state index contributed by atoms with van der Waals surface area (Å²) in [6.45, 7) is 0. The van der Waals surface area contributed by atoms with Crippen molar-refractivity contribution in [3.8, 4) is 44.5 Å². The summed E-state index contributed by atoms with van der Waals surface area (Å²) in [4.78, 5) is 2.36. The lowest BCUT2D eigenvalue weighted by molar-refractivity contribution is 0.669. The Morgan fingerprint density at radius 3 is 1.68 bits per heavy atom. The molecule has 3 aromatic heterocycles. The molecule has 10 aromatic carbocycles. The van der Waals surface area contributed by atoms with Crippen LogP contribution < -0.4 is 4.90 Å². The molecule has 0 saturated heterocycles. The van der Waals surface area contributed by atoms with Crippen molar-refractivity contribution in [3.05, 3.63) is 243 Å². The van der Waals surface area contributed by atoms with Gasteiger partial charge >= 0.3 is 0 Å². The van der Waals surface area contributed by atoms with Gasteiger partial charge in [0.2, 0.25) is 0 Å². The van der Waals surface area contributed by atoms with E-state index in [1.807, 2.05) is 12.1 Å². The number of hydrogen-bond acceptors (Lipinski definition) is 2. The van der Waals surface area contributed by atoms with Gasteiger partial charge in [0.15, 0.2) is 0 Å². The molecule has 0 amide bonds. The Balaban J connectivity index is 0.881. The number of para-hydroxylation sites is 1. The van der Waals surface area contributed by atoms with Crippen LogP contribution in [0.5, 0.6) is 0 Å². The minimum atomic E-state index is 0.868. The van der Waals surface area contributed by atoms with Gasteiger partial charge in [-0.25, -0.2) is 0 Å². The second-order valence-corrected chi connectivity index (χ2v) is 16.8. The lowest BCUT2D eigenvalue weighted by atomic mass is 9.93. The second-order valence-electron chi connectivity index (χ2n) is 16.8. The first-order chi connectivity index (χ1) is 32.2. The monoisotopic (exact) mass is 828 g/mol. The third kappa shape index (κ3) is 6.05. The Morgan fingerprint density at radius 2 is 0.892 bits per heavy atom. The van der Waals surface area contributed by atoms with Crippen molar-refractivity contribution < 1.29 is 4.42 Å². The highest BCUT2D eigenvalue weighted by atomic mass is 16.3. The van der Waals surface area contributed by atoms with Crippen LogP contribution in [0.2, 0.25) is 0 Å². The molecule has 304 valence electrons. The van der Waals surface area contributed by atoms with Gasteiger partial charge in [0.05, 0.1) is 22.1 Å². The molecule has 0 fully saturated rings. The van der Waals surface area contributed by atoms with Crippen LogP contribution in [0.15, 0.2) is 247 Å². The summed E-state index contributed by atoms with van der Waals surface area (Å²) in [5.74, 6) is 0. The molecular weight excluding hydrogens is 789 g/mol. The van der Waals surface area contributed by atoms with Gasteiger partial charge in [0.25, 0.3) is 0 Å². The molecular formula is C62H40N2O. The number of benzene rings is 10. The molecule has 0 atom stereocenters. The van der Waals surface area contributed by atoms with E-state index >= 15 is 0 Å². The van der Waals surface area contributed by atoms with E-state index in [-0.39, 0.29) is 0 Å². The molecule has 0 aliphatic heterocycles. The predicted molar refractivity (Wildman–Crippen MR) is 274 cm³/mol. The Labute approximate surface area is 376 Å². The molecule has 0 aliphatic rings. The van der Waals surface area contributed by atoms with Gasteiger partial charge in [-0.1, -0.05) is 176 Å². The SMILES string of the molecule is c1ccc(-c2c3c4cccc(-c5ccc(-c6ccc(N(c7ccc(-c8cccc9ccccc89)cc7)c7cccc8oc9ccccc9c78)cc6)cc5)c4ccc3n3ccccc23)cc1. The summed E-state index contributed by atoms with van der Waals surface area (Å²) in [6.07, 6.45) is 2.18. The van der Waals surface area contributed by atoms with Crippen LogP contribution in [0.4, 0.5) is 17.1 Å². The summed E-state index contributed by atoms with van der Waals surface area (Å²) in [5.41, 5.74) is 17.0. The molecule has 0 unspecified atom stereocenters. The van der Waals surface area contributed by atoms with E-state index in [0.717, 1.165) is 44.6 Å². The average molecular weight is 829 g/mol. The van der Waals surface area contributed by atoms with Crippen molar-refractivity contribution in [1.29, 1.82) is 0 Å². The van der Waals surface area contributed by atoms with Crippen molar-refractivity contribution >= 4 is 77.0 Å². The Morgan fingerprint density at radius 1 is 0.323 bits per heavy atom. The van der Waals surface area contributed by atoms with Crippen LogP contribution in [-0.2, 0) is 0 Å². The highest BCUT2D eigenvalue weighted by molar-refractivity contribution is 6.21. The first-order valence-corrected chi connectivity index (χ1v) is 22.2. The number of anilines is 3. The third-order valence-corrected chi connectivity index (χ3v) is 13.2. The molecule has 0 radical (unpaired) electrons. The summed E-state index contributed by atoms with van der Waals surface area (Å²) in [6, 6.07) is 85.4. The summed E-state index contributed by atoms with van der Waals surface area (Å²) in [7, 11) is 0. The molecule has 0 aliphatic carbocycles. The first kappa shape index (κ1) is 36.9. The van der Waals surface area contributed by atoms with Gasteiger partial charge < -0.3 is 13.7 Å². The maximum absolute atomic E-state index is 6.40. The zero-order chi connectivity index (χ0) is 42.8. The minimum absolute atomic E-state index is 0.868. The van der Waals surface area contributed by atoms with Gasteiger partial charge in [-0.15, -0.1) is 0 Å². The number of hydrogen-bond donors (Lipinski definition) is 0. The zero-order valence-corrected chi connectivity index (χ0v) is 35.4. The highest BCUT2D eigenvalue weighted by Crippen LogP contribution is 2.45. The van der Waals surface area contributed by atoms with Crippen molar-refractivity contribution in [3.63, 3.8) is 0 Å². The molecule has 65 heavy (non-hydrogen) atoms. The van der Waals surface area contributed by atoms with Gasteiger partial charge in [-0.3, -0.25) is 0 Å². The van der Waals surface area contributed by atoms with Crippen LogP contribution in [-0.4, -0.2) is 4.40 Å². The number of rotatable bonds is 7. The van der Waals surface area contributed by atoms with E-state index in [0.29, 0.717) is 0 Å². The third-order valence-electron chi connectivity index (χ3n) is 13.2. The van der Waals surface area contributed by atoms with Crippen LogP contribution >= 0.6 is 0 Å². The number of fused-ring (bicyclic) bond motifs is 9. The van der Waals surface area contributed by atoms with Gasteiger partial charge in [0.1, 0.15) is 11.2 Å². The van der Waals surface area contributed by atoms with E-state index in [9.17, 15) is 0 Å². The quantitative estimate of drug-likeness (QED) is 0.160. The topological polar surface area (TPSA) is 20.8 Å². The smallest absolute Gasteiger partial charge is 0.137 e. The number of pyridine rings is 1. The van der Waals surface area contributed by atoms with E-state index in [4.69, 9.17) is 4.42 Å². The van der Waals surface area contributed by atoms with Crippen molar-refractivity contribution in [1.82, 2.24) is 4.40 Å². The molecule has 0 bridgehead atoms. The fourth-order valence-corrected chi connectivity index (χ4v) is 10.2. The fourth-order valence-electron chi connectivity index (χ4n) is 10.2. The number of aromatic nitrogens is 1. The molecule has 13 rings (SSSR count). The maximum Gasteiger partial charge on any atom is 0.137 e. The Kier molecular flexibility index (Phi) is 8.53. The van der Waals surface area contributed by atoms with Crippen molar-refractivity contribution in [2.24, 2.45) is 0 Å². The van der Waals surface area contributed by atoms with Crippen molar-refractivity contribution in [2.75, 3.05) is 4.90 Å². The Bertz CT molecular complexity index is 3910. The minimum Gasteiger partial charge on any atom is -0.456 e. The first-order valence-electron chi connectivity index (χ1n) is 22.2. The van der Waals surface area contributed by atoms with Crippen molar-refractivity contribution in [2.45, 2.75) is 0 Å². The predicted octanol–water partition coefficient (Wildman–Crippen LogP) is 17.4. The van der Waals surface area contributed by atoms with E-state index < -0.39 is 0 Å².